The quantitative estimate of drug-likeness (QED) is 0.665. The van der Waals surface area contributed by atoms with Crippen LogP contribution in [-0.4, -0.2) is 78.2 Å². The summed E-state index contributed by atoms with van der Waals surface area (Å²) in [7, 11) is 0. The maximum Gasteiger partial charge on any atom is 0.256 e. The molecule has 3 aliphatic heterocycles. The minimum atomic E-state index is -1.09. The Balaban J connectivity index is 1.34. The van der Waals surface area contributed by atoms with Gasteiger partial charge in [0.1, 0.15) is 23.4 Å². The summed E-state index contributed by atoms with van der Waals surface area (Å²) in [6, 6.07) is 10.7. The van der Waals surface area contributed by atoms with E-state index in [4.69, 9.17) is 9.47 Å². The van der Waals surface area contributed by atoms with E-state index in [1.165, 1.54) is 9.80 Å². The van der Waals surface area contributed by atoms with Gasteiger partial charge in [0.05, 0.1) is 18.3 Å². The Morgan fingerprint density at radius 2 is 1.78 bits per heavy atom. The van der Waals surface area contributed by atoms with E-state index in [0.29, 0.717) is 24.8 Å². The maximum atomic E-state index is 14.2. The normalized spacial score (nSPS) is 22.9. The highest BCUT2D eigenvalue weighted by molar-refractivity contribution is 5.98. The monoisotopic (exact) mass is 513 g/mol. The third-order valence-corrected chi connectivity index (χ3v) is 7.32. The second-order valence-electron chi connectivity index (χ2n) is 9.61. The average molecular weight is 514 g/mol. The average Bonchev–Trinajstić information content (AvgIpc) is 3.56. The Bertz CT molecular complexity index is 1160. The number of piperidine rings is 1. The van der Waals surface area contributed by atoms with Crippen LogP contribution in [0.3, 0.4) is 0 Å². The standard InChI is InChI=1S/C27H29F2N3O5/c28-19-8-9-21(22(29)15-19)26(35)31-12-10-27(11-13-31)32(25(34)18-5-2-1-3-6-18)23(17-37-27)24(33)30-16-20-7-4-14-36-20/h1-3,5-6,8-9,15,20,23H,4,7,10-14,16-17H2,(H,30,33)/t20-,23+/m0/s1. The largest absolute Gasteiger partial charge is 0.376 e. The molecular weight excluding hydrogens is 484 g/mol. The molecule has 2 aromatic rings. The lowest BCUT2D eigenvalue weighted by Gasteiger charge is -2.44. The first-order valence-corrected chi connectivity index (χ1v) is 12.5. The van der Waals surface area contributed by atoms with Crippen molar-refractivity contribution in [2.75, 3.05) is 32.8 Å². The van der Waals surface area contributed by atoms with Crippen LogP contribution in [0.25, 0.3) is 0 Å². The summed E-state index contributed by atoms with van der Waals surface area (Å²) in [5, 5.41) is 2.91. The van der Waals surface area contributed by atoms with Gasteiger partial charge in [-0.25, -0.2) is 8.78 Å². The fraction of sp³-hybridized carbons (Fsp3) is 0.444. The third kappa shape index (κ3) is 5.08. The highest BCUT2D eigenvalue weighted by Crippen LogP contribution is 2.39. The van der Waals surface area contributed by atoms with Crippen molar-refractivity contribution in [3.8, 4) is 0 Å². The highest BCUT2D eigenvalue weighted by atomic mass is 19.1. The molecule has 0 aliphatic carbocycles. The second-order valence-corrected chi connectivity index (χ2v) is 9.61. The first-order chi connectivity index (χ1) is 17.9. The number of likely N-dealkylation sites (tertiary alicyclic amines) is 1. The summed E-state index contributed by atoms with van der Waals surface area (Å²) < 4.78 is 39.3. The fourth-order valence-electron chi connectivity index (χ4n) is 5.32. The van der Waals surface area contributed by atoms with Crippen LogP contribution in [0, 0.1) is 11.6 Å². The van der Waals surface area contributed by atoms with Crippen LogP contribution in [0.15, 0.2) is 48.5 Å². The lowest BCUT2D eigenvalue weighted by Crippen LogP contribution is -2.60. The van der Waals surface area contributed by atoms with Gasteiger partial charge in [0, 0.05) is 50.7 Å². The van der Waals surface area contributed by atoms with E-state index in [-0.39, 0.29) is 56.0 Å². The molecule has 5 rings (SSSR count). The van der Waals surface area contributed by atoms with Crippen molar-refractivity contribution < 1.29 is 32.6 Å². The minimum absolute atomic E-state index is 0.0243. The van der Waals surface area contributed by atoms with Gasteiger partial charge < -0.3 is 19.7 Å². The summed E-state index contributed by atoms with van der Waals surface area (Å²) in [5.41, 5.74) is -0.874. The Labute approximate surface area is 213 Å². The molecule has 3 saturated heterocycles. The summed E-state index contributed by atoms with van der Waals surface area (Å²) >= 11 is 0. The number of hydrogen-bond acceptors (Lipinski definition) is 5. The molecule has 0 bridgehead atoms. The van der Waals surface area contributed by atoms with Gasteiger partial charge in [-0.3, -0.25) is 19.3 Å². The number of carbonyl (C=O) groups excluding carboxylic acids is 3. The van der Waals surface area contributed by atoms with Gasteiger partial charge in [-0.15, -0.1) is 0 Å². The van der Waals surface area contributed by atoms with Crippen molar-refractivity contribution in [2.24, 2.45) is 0 Å². The van der Waals surface area contributed by atoms with E-state index in [1.807, 2.05) is 0 Å². The van der Waals surface area contributed by atoms with E-state index in [2.05, 4.69) is 5.32 Å². The van der Waals surface area contributed by atoms with Crippen LogP contribution in [-0.2, 0) is 14.3 Å². The van der Waals surface area contributed by atoms with Gasteiger partial charge in [0.15, 0.2) is 0 Å². The van der Waals surface area contributed by atoms with Gasteiger partial charge in [-0.2, -0.15) is 0 Å². The molecule has 0 unspecified atom stereocenters. The Morgan fingerprint density at radius 3 is 2.46 bits per heavy atom. The SMILES string of the molecule is O=C(NC[C@@H]1CCCO1)[C@H]1COC2(CCN(C(=O)c3ccc(F)cc3F)CC2)N1C(=O)c1ccccc1. The number of rotatable bonds is 5. The second kappa shape index (κ2) is 10.5. The first kappa shape index (κ1) is 25.3. The summed E-state index contributed by atoms with van der Waals surface area (Å²) in [6.07, 6.45) is 2.27. The lowest BCUT2D eigenvalue weighted by molar-refractivity contribution is -0.128. The Morgan fingerprint density at radius 1 is 1.03 bits per heavy atom. The van der Waals surface area contributed by atoms with E-state index in [9.17, 15) is 23.2 Å². The zero-order chi connectivity index (χ0) is 26.0. The minimum Gasteiger partial charge on any atom is -0.376 e. The van der Waals surface area contributed by atoms with E-state index in [1.54, 1.807) is 30.3 Å². The number of ether oxygens (including phenoxy) is 2. The number of nitrogens with one attached hydrogen (secondary N) is 1. The zero-order valence-corrected chi connectivity index (χ0v) is 20.3. The molecule has 0 saturated carbocycles. The van der Waals surface area contributed by atoms with Gasteiger partial charge in [-0.1, -0.05) is 18.2 Å². The van der Waals surface area contributed by atoms with Gasteiger partial charge in [0.2, 0.25) is 5.91 Å². The zero-order valence-electron chi connectivity index (χ0n) is 20.3. The van der Waals surface area contributed by atoms with Crippen molar-refractivity contribution in [3.63, 3.8) is 0 Å². The molecule has 10 heteroatoms. The summed E-state index contributed by atoms with van der Waals surface area (Å²) in [5.74, 6) is -2.89. The topological polar surface area (TPSA) is 88.2 Å². The molecule has 8 nitrogen and oxygen atoms in total. The number of hydrogen-bond donors (Lipinski definition) is 1. The number of nitrogens with zero attached hydrogens (tertiary/aromatic N) is 2. The number of halogens is 2. The van der Waals surface area contributed by atoms with E-state index >= 15 is 0 Å². The van der Waals surface area contributed by atoms with Crippen molar-refractivity contribution in [1.82, 2.24) is 15.1 Å². The molecule has 0 aromatic heterocycles. The molecule has 1 N–H and O–H groups in total. The molecule has 3 heterocycles. The van der Waals surface area contributed by atoms with Crippen LogP contribution in [0.5, 0.6) is 0 Å². The summed E-state index contributed by atoms with van der Waals surface area (Å²) in [4.78, 5) is 42.8. The highest BCUT2D eigenvalue weighted by Gasteiger charge is 2.54. The fourth-order valence-corrected chi connectivity index (χ4v) is 5.32. The van der Waals surface area contributed by atoms with E-state index < -0.39 is 29.3 Å². The van der Waals surface area contributed by atoms with Gasteiger partial charge in [0.25, 0.3) is 11.8 Å². The lowest BCUT2D eigenvalue weighted by atomic mass is 9.96. The molecule has 1 spiro atoms. The molecule has 3 amide bonds. The molecule has 2 aromatic carbocycles. The molecule has 3 fully saturated rings. The first-order valence-electron chi connectivity index (χ1n) is 12.5. The molecular formula is C27H29F2N3O5. The van der Waals surface area contributed by atoms with Crippen molar-refractivity contribution in [2.45, 2.75) is 43.6 Å². The molecule has 37 heavy (non-hydrogen) atoms. The third-order valence-electron chi connectivity index (χ3n) is 7.32. The van der Waals surface area contributed by atoms with Crippen LogP contribution in [0.4, 0.5) is 8.78 Å². The van der Waals surface area contributed by atoms with Gasteiger partial charge in [-0.05, 0) is 37.1 Å². The van der Waals surface area contributed by atoms with Gasteiger partial charge >= 0.3 is 0 Å². The molecule has 196 valence electrons. The predicted octanol–water partition coefficient (Wildman–Crippen LogP) is 2.73. The summed E-state index contributed by atoms with van der Waals surface area (Å²) in [6.45, 7) is 1.42. The Kier molecular flexibility index (Phi) is 7.21. The maximum absolute atomic E-state index is 14.2. The van der Waals surface area contributed by atoms with E-state index in [0.717, 1.165) is 25.0 Å². The smallest absolute Gasteiger partial charge is 0.256 e. The molecule has 2 atom stereocenters. The predicted molar refractivity (Wildman–Crippen MR) is 129 cm³/mol. The van der Waals surface area contributed by atoms with Crippen molar-refractivity contribution in [1.29, 1.82) is 0 Å². The number of carbonyl (C=O) groups is 3. The van der Waals surface area contributed by atoms with Crippen LogP contribution >= 0.6 is 0 Å². The molecule has 3 aliphatic rings. The van der Waals surface area contributed by atoms with Crippen LogP contribution in [0.1, 0.15) is 46.4 Å². The number of benzene rings is 2. The van der Waals surface area contributed by atoms with Crippen molar-refractivity contribution in [3.05, 3.63) is 71.3 Å². The van der Waals surface area contributed by atoms with Crippen LogP contribution in [0.2, 0.25) is 0 Å². The molecule has 0 radical (unpaired) electrons. The Hall–Kier alpha value is -3.37. The van der Waals surface area contributed by atoms with Crippen molar-refractivity contribution >= 4 is 17.7 Å². The number of amides is 3. The van der Waals surface area contributed by atoms with Crippen LogP contribution < -0.4 is 5.32 Å².